The highest BCUT2D eigenvalue weighted by Gasteiger charge is 2.26. The molecule has 0 radical (unpaired) electrons. The van der Waals surface area contributed by atoms with Gasteiger partial charge in [-0.2, -0.15) is 5.26 Å². The van der Waals surface area contributed by atoms with Crippen LogP contribution in [0.4, 0.5) is 11.4 Å². The summed E-state index contributed by atoms with van der Waals surface area (Å²) in [5, 5.41) is 19.2. The molecule has 0 aromatic heterocycles. The minimum atomic E-state index is -1.01. The number of nitrogens with zero attached hydrogens (tertiary/aromatic N) is 2. The predicted octanol–water partition coefficient (Wildman–Crippen LogP) is 4.80. The Balaban J connectivity index is 1.76. The number of rotatable bonds is 1. The zero-order valence-corrected chi connectivity index (χ0v) is 18.3. The van der Waals surface area contributed by atoms with Crippen molar-refractivity contribution in [1.29, 1.82) is 5.26 Å². The van der Waals surface area contributed by atoms with Crippen LogP contribution in [0.5, 0.6) is 5.75 Å². The molecule has 2 aliphatic heterocycles. The first-order valence-electron chi connectivity index (χ1n) is 10.1. The number of nitriles is 1. The lowest BCUT2D eigenvalue weighted by Gasteiger charge is -2.38. The van der Waals surface area contributed by atoms with Gasteiger partial charge in [0.25, 0.3) is 0 Å². The predicted molar refractivity (Wildman–Crippen MR) is 120 cm³/mol. The topological polar surface area (TPSA) is 94.8 Å². The maximum Gasteiger partial charge on any atom is 0.335 e. The van der Waals surface area contributed by atoms with Crippen molar-refractivity contribution in [1.82, 2.24) is 0 Å². The average Bonchev–Trinajstić information content (AvgIpc) is 2.79. The number of ether oxygens (including phenoxy) is 2. The number of nitrogens with one attached hydrogen (secondary N) is 1. The molecular formula is C22H22ClN3O4S. The summed E-state index contributed by atoms with van der Waals surface area (Å²) >= 11 is 7.63. The van der Waals surface area contributed by atoms with Crippen LogP contribution < -0.4 is 14.4 Å². The van der Waals surface area contributed by atoms with Crippen LogP contribution >= 0.6 is 23.5 Å². The molecule has 162 valence electrons. The van der Waals surface area contributed by atoms with Gasteiger partial charge in [-0.25, -0.2) is 4.79 Å². The van der Waals surface area contributed by atoms with E-state index >= 15 is 0 Å². The monoisotopic (exact) mass is 459 g/mol. The average molecular weight is 460 g/mol. The summed E-state index contributed by atoms with van der Waals surface area (Å²) in [6.45, 7) is 2.23. The molecule has 2 aromatic rings. The minimum absolute atomic E-state index is 0.169. The quantitative estimate of drug-likeness (QED) is 0.587. The van der Waals surface area contributed by atoms with Gasteiger partial charge in [-0.15, -0.1) is 0 Å². The molecule has 0 amide bonds. The van der Waals surface area contributed by atoms with E-state index in [1.807, 2.05) is 6.07 Å². The van der Waals surface area contributed by atoms with Crippen LogP contribution in [-0.2, 0) is 4.74 Å². The van der Waals surface area contributed by atoms with Crippen molar-refractivity contribution >= 4 is 40.9 Å². The van der Waals surface area contributed by atoms with Crippen molar-refractivity contribution < 1.29 is 19.4 Å². The Morgan fingerprint density at radius 2 is 2.16 bits per heavy atom. The number of halogens is 1. The molecule has 2 N–H and O–H groups in total. The van der Waals surface area contributed by atoms with Crippen molar-refractivity contribution in [2.45, 2.75) is 30.2 Å². The number of piperidine rings is 1. The standard InChI is InChI=1S/C22H22ClN3O4S/c23-17-11-19-18(9-15(17)12-24)25-31-21-10-14(22(27)28)4-5-20(21)30-8-7-29-13-16-3-1-2-6-26(16)19/h4-5,9-11,16,25H,1-3,6-8,13H2,(H,27,28). The molecule has 1 saturated heterocycles. The molecule has 0 bridgehead atoms. The molecule has 2 aliphatic rings. The summed E-state index contributed by atoms with van der Waals surface area (Å²) in [4.78, 5) is 14.4. The Morgan fingerprint density at radius 1 is 1.29 bits per heavy atom. The van der Waals surface area contributed by atoms with Gasteiger partial charge in [0, 0.05) is 6.54 Å². The number of aromatic carboxylic acids is 1. The largest absolute Gasteiger partial charge is 0.490 e. The number of carboxylic acid groups (broad SMARTS) is 1. The normalized spacial score (nSPS) is 19.0. The van der Waals surface area contributed by atoms with Crippen molar-refractivity contribution in [3.8, 4) is 11.8 Å². The summed E-state index contributed by atoms with van der Waals surface area (Å²) in [5.41, 5.74) is 2.19. The van der Waals surface area contributed by atoms with Gasteiger partial charge in [-0.3, -0.25) is 0 Å². The fraction of sp³-hybridized carbons (Fsp3) is 0.364. The molecule has 1 unspecified atom stereocenters. The Hall–Kier alpha value is -2.60. The number of benzene rings is 2. The van der Waals surface area contributed by atoms with Gasteiger partial charge < -0.3 is 24.2 Å². The number of anilines is 2. The van der Waals surface area contributed by atoms with Gasteiger partial charge in [-0.1, -0.05) is 11.6 Å². The fourth-order valence-electron chi connectivity index (χ4n) is 3.84. The Bertz CT molecular complexity index is 1030. The third kappa shape index (κ3) is 4.85. The summed E-state index contributed by atoms with van der Waals surface area (Å²) in [6.07, 6.45) is 3.20. The van der Waals surface area contributed by atoms with Gasteiger partial charge in [0.1, 0.15) is 18.4 Å². The van der Waals surface area contributed by atoms with Gasteiger partial charge >= 0.3 is 5.97 Å². The molecule has 4 rings (SSSR count). The number of hydrogen-bond donors (Lipinski definition) is 2. The van der Waals surface area contributed by atoms with E-state index < -0.39 is 5.97 Å². The summed E-state index contributed by atoms with van der Waals surface area (Å²) in [5.74, 6) is -0.441. The lowest BCUT2D eigenvalue weighted by atomic mass is 10.0. The molecule has 0 saturated carbocycles. The maximum atomic E-state index is 11.4. The molecule has 31 heavy (non-hydrogen) atoms. The molecular weight excluding hydrogens is 438 g/mol. The molecule has 7 nitrogen and oxygen atoms in total. The van der Waals surface area contributed by atoms with Crippen molar-refractivity contribution in [3.63, 3.8) is 0 Å². The summed E-state index contributed by atoms with van der Waals surface area (Å²) in [7, 11) is 0. The van der Waals surface area contributed by atoms with E-state index in [9.17, 15) is 15.2 Å². The van der Waals surface area contributed by atoms with Crippen molar-refractivity contribution in [2.24, 2.45) is 0 Å². The SMILES string of the molecule is N#Cc1cc2c(cc1Cl)N1CCCCC1COCCOc1ccc(C(=O)O)cc1SN2. The second kappa shape index (κ2) is 9.69. The molecule has 2 heterocycles. The molecule has 2 aromatic carbocycles. The highest BCUT2D eigenvalue weighted by molar-refractivity contribution is 8.00. The van der Waals surface area contributed by atoms with Crippen LogP contribution in [0.1, 0.15) is 35.2 Å². The van der Waals surface area contributed by atoms with E-state index in [1.165, 1.54) is 18.0 Å². The first kappa shape index (κ1) is 21.6. The Labute approximate surface area is 190 Å². The lowest BCUT2D eigenvalue weighted by Crippen LogP contribution is -2.43. The van der Waals surface area contributed by atoms with E-state index in [4.69, 9.17) is 21.1 Å². The molecule has 9 heteroatoms. The van der Waals surface area contributed by atoms with Crippen LogP contribution in [-0.4, -0.2) is 43.5 Å². The first-order chi connectivity index (χ1) is 15.1. The zero-order chi connectivity index (χ0) is 21.8. The smallest absolute Gasteiger partial charge is 0.335 e. The van der Waals surface area contributed by atoms with E-state index in [1.54, 1.807) is 18.2 Å². The fourth-order valence-corrected chi connectivity index (χ4v) is 4.84. The van der Waals surface area contributed by atoms with Crippen LogP contribution in [0.2, 0.25) is 5.02 Å². The third-order valence-electron chi connectivity index (χ3n) is 5.40. The van der Waals surface area contributed by atoms with Gasteiger partial charge in [0.2, 0.25) is 0 Å². The zero-order valence-electron chi connectivity index (χ0n) is 16.8. The molecule has 0 spiro atoms. The Kier molecular flexibility index (Phi) is 6.76. The van der Waals surface area contributed by atoms with Crippen LogP contribution in [0, 0.1) is 11.3 Å². The second-order valence-corrected chi connectivity index (χ2v) is 8.65. The number of fused-ring (bicyclic) bond motifs is 4. The highest BCUT2D eigenvalue weighted by Crippen LogP contribution is 2.39. The molecule has 1 atom stereocenters. The number of carboxylic acids is 1. The maximum absolute atomic E-state index is 11.4. The number of carbonyl (C=O) groups is 1. The van der Waals surface area contributed by atoms with Crippen LogP contribution in [0.3, 0.4) is 0 Å². The summed E-state index contributed by atoms with van der Waals surface area (Å²) < 4.78 is 15.1. The van der Waals surface area contributed by atoms with Crippen molar-refractivity contribution in [2.75, 3.05) is 36.0 Å². The van der Waals surface area contributed by atoms with Gasteiger partial charge in [0.05, 0.1) is 51.7 Å². The van der Waals surface area contributed by atoms with Crippen LogP contribution in [0.15, 0.2) is 35.2 Å². The summed E-state index contributed by atoms with van der Waals surface area (Å²) in [6, 6.07) is 10.6. The highest BCUT2D eigenvalue weighted by atomic mass is 35.5. The van der Waals surface area contributed by atoms with E-state index in [0.29, 0.717) is 41.1 Å². The first-order valence-corrected chi connectivity index (χ1v) is 11.3. The minimum Gasteiger partial charge on any atom is -0.490 e. The molecule has 0 aliphatic carbocycles. The lowest BCUT2D eigenvalue weighted by molar-refractivity contribution is 0.0696. The van der Waals surface area contributed by atoms with Crippen molar-refractivity contribution in [3.05, 3.63) is 46.5 Å². The molecule has 1 fully saturated rings. The van der Waals surface area contributed by atoms with Gasteiger partial charge in [0.15, 0.2) is 0 Å². The third-order valence-corrected chi connectivity index (χ3v) is 6.57. The second-order valence-electron chi connectivity index (χ2n) is 7.40. The van der Waals surface area contributed by atoms with E-state index in [0.717, 1.165) is 37.2 Å². The van der Waals surface area contributed by atoms with E-state index in [2.05, 4.69) is 15.7 Å². The number of hydrogen-bond acceptors (Lipinski definition) is 7. The van der Waals surface area contributed by atoms with E-state index in [-0.39, 0.29) is 11.6 Å². The van der Waals surface area contributed by atoms with Crippen LogP contribution in [0.25, 0.3) is 0 Å². The van der Waals surface area contributed by atoms with Gasteiger partial charge in [-0.05, 0) is 61.5 Å². The Morgan fingerprint density at radius 3 is 2.97 bits per heavy atom.